The molecule has 2 rings (SSSR count). The molecule has 1 aromatic rings. The monoisotopic (exact) mass is 305 g/mol. The predicted octanol–water partition coefficient (Wildman–Crippen LogP) is 1.17. The first kappa shape index (κ1) is 15.8. The zero-order chi connectivity index (χ0) is 16.1. The van der Waals surface area contributed by atoms with Crippen molar-refractivity contribution < 1.29 is 19.1 Å². The van der Waals surface area contributed by atoms with E-state index in [4.69, 9.17) is 0 Å². The highest BCUT2D eigenvalue weighted by Crippen LogP contribution is 2.13. The van der Waals surface area contributed by atoms with E-state index in [1.54, 1.807) is 34.1 Å². The molecule has 1 aliphatic rings. The standard InChI is InChI=1S/C15H19N3O4/c1-11(19)17-6-8-18(9-7-17)15(21)16-13-5-3-4-12(10-13)14(20)22-2/h3-5,10H,6-9H2,1-2H3,(H,16,21). The number of urea groups is 1. The van der Waals surface area contributed by atoms with E-state index in [0.717, 1.165) is 0 Å². The molecule has 1 heterocycles. The highest BCUT2D eigenvalue weighted by atomic mass is 16.5. The number of ether oxygens (including phenoxy) is 1. The second-order valence-electron chi connectivity index (χ2n) is 5.00. The fourth-order valence-corrected chi connectivity index (χ4v) is 2.27. The molecule has 118 valence electrons. The van der Waals surface area contributed by atoms with Gasteiger partial charge in [-0.25, -0.2) is 9.59 Å². The molecule has 0 spiro atoms. The number of nitrogens with one attached hydrogen (secondary N) is 1. The summed E-state index contributed by atoms with van der Waals surface area (Å²) in [4.78, 5) is 38.3. The molecule has 7 nitrogen and oxygen atoms in total. The Bertz CT molecular complexity index is 580. The minimum atomic E-state index is -0.453. The highest BCUT2D eigenvalue weighted by molar-refractivity contribution is 5.94. The number of benzene rings is 1. The molecule has 3 amide bonds. The van der Waals surface area contributed by atoms with Crippen LogP contribution in [0.2, 0.25) is 0 Å². The first-order valence-electron chi connectivity index (χ1n) is 7.01. The van der Waals surface area contributed by atoms with Gasteiger partial charge in [-0.05, 0) is 18.2 Å². The molecule has 0 aliphatic carbocycles. The third-order valence-electron chi connectivity index (χ3n) is 3.55. The van der Waals surface area contributed by atoms with E-state index >= 15 is 0 Å². The van der Waals surface area contributed by atoms with Gasteiger partial charge in [0.25, 0.3) is 0 Å². The zero-order valence-electron chi connectivity index (χ0n) is 12.7. The van der Waals surface area contributed by atoms with E-state index in [0.29, 0.717) is 37.4 Å². The molecule has 22 heavy (non-hydrogen) atoms. The average Bonchev–Trinajstić information content (AvgIpc) is 2.54. The van der Waals surface area contributed by atoms with E-state index in [1.165, 1.54) is 14.0 Å². The SMILES string of the molecule is COC(=O)c1cccc(NC(=O)N2CCN(C(C)=O)CC2)c1. The molecule has 1 N–H and O–H groups in total. The number of hydrogen-bond donors (Lipinski definition) is 1. The van der Waals surface area contributed by atoms with Crippen LogP contribution in [0, 0.1) is 0 Å². The summed E-state index contributed by atoms with van der Waals surface area (Å²) in [6.45, 7) is 3.56. The van der Waals surface area contributed by atoms with Crippen LogP contribution in [0.15, 0.2) is 24.3 Å². The Morgan fingerprint density at radius 3 is 2.32 bits per heavy atom. The zero-order valence-corrected chi connectivity index (χ0v) is 12.7. The largest absolute Gasteiger partial charge is 0.465 e. The number of amides is 3. The lowest BCUT2D eigenvalue weighted by Crippen LogP contribution is -2.51. The second kappa shape index (κ2) is 6.93. The van der Waals surface area contributed by atoms with Crippen molar-refractivity contribution >= 4 is 23.6 Å². The number of methoxy groups -OCH3 is 1. The summed E-state index contributed by atoms with van der Waals surface area (Å²) in [5.41, 5.74) is 0.906. The molecule has 0 aromatic heterocycles. The van der Waals surface area contributed by atoms with Crippen molar-refractivity contribution in [3.63, 3.8) is 0 Å². The molecular formula is C15H19N3O4. The number of anilines is 1. The maximum absolute atomic E-state index is 12.2. The topological polar surface area (TPSA) is 79.0 Å². The molecule has 0 atom stereocenters. The van der Waals surface area contributed by atoms with Crippen LogP contribution in [0.4, 0.5) is 10.5 Å². The summed E-state index contributed by atoms with van der Waals surface area (Å²) < 4.78 is 4.65. The molecule has 1 aliphatic heterocycles. The van der Waals surface area contributed by atoms with Crippen LogP contribution in [0.25, 0.3) is 0 Å². The van der Waals surface area contributed by atoms with E-state index in [2.05, 4.69) is 10.1 Å². The number of rotatable bonds is 2. The lowest BCUT2D eigenvalue weighted by Gasteiger charge is -2.34. The van der Waals surface area contributed by atoms with E-state index in [1.807, 2.05) is 0 Å². The van der Waals surface area contributed by atoms with Crippen molar-refractivity contribution in [3.8, 4) is 0 Å². The lowest BCUT2D eigenvalue weighted by atomic mass is 10.2. The Kier molecular flexibility index (Phi) is 4.98. The highest BCUT2D eigenvalue weighted by Gasteiger charge is 2.22. The maximum atomic E-state index is 12.2. The number of nitrogens with zero attached hydrogens (tertiary/aromatic N) is 2. The van der Waals surface area contributed by atoms with Crippen LogP contribution in [0.1, 0.15) is 17.3 Å². The Morgan fingerprint density at radius 1 is 1.09 bits per heavy atom. The number of esters is 1. The van der Waals surface area contributed by atoms with Gasteiger partial charge in [0.15, 0.2) is 0 Å². The van der Waals surface area contributed by atoms with Gasteiger partial charge in [0.1, 0.15) is 0 Å². The molecule has 1 aromatic carbocycles. The van der Waals surface area contributed by atoms with Crippen molar-refractivity contribution in [2.45, 2.75) is 6.92 Å². The fraction of sp³-hybridized carbons (Fsp3) is 0.400. The molecule has 0 saturated carbocycles. The fourth-order valence-electron chi connectivity index (χ4n) is 2.27. The van der Waals surface area contributed by atoms with E-state index in [-0.39, 0.29) is 11.9 Å². The second-order valence-corrected chi connectivity index (χ2v) is 5.00. The van der Waals surface area contributed by atoms with Gasteiger partial charge < -0.3 is 19.9 Å². The van der Waals surface area contributed by atoms with E-state index < -0.39 is 5.97 Å². The summed E-state index contributed by atoms with van der Waals surface area (Å²) in [6, 6.07) is 6.32. The van der Waals surface area contributed by atoms with Crippen molar-refractivity contribution in [1.82, 2.24) is 9.80 Å². The van der Waals surface area contributed by atoms with Gasteiger partial charge in [-0.1, -0.05) is 6.07 Å². The van der Waals surface area contributed by atoms with Gasteiger partial charge in [-0.15, -0.1) is 0 Å². The number of piperazine rings is 1. The Morgan fingerprint density at radius 2 is 1.73 bits per heavy atom. The van der Waals surface area contributed by atoms with Crippen LogP contribution in [-0.2, 0) is 9.53 Å². The first-order valence-corrected chi connectivity index (χ1v) is 7.01. The number of hydrogen-bond acceptors (Lipinski definition) is 4. The van der Waals surface area contributed by atoms with Gasteiger partial charge in [-0.3, -0.25) is 4.79 Å². The predicted molar refractivity (Wildman–Crippen MR) is 80.6 cm³/mol. The molecule has 0 bridgehead atoms. The third-order valence-corrected chi connectivity index (χ3v) is 3.55. The van der Waals surface area contributed by atoms with E-state index in [9.17, 15) is 14.4 Å². The third kappa shape index (κ3) is 3.75. The molecule has 0 radical (unpaired) electrons. The average molecular weight is 305 g/mol. The lowest BCUT2D eigenvalue weighted by molar-refractivity contribution is -0.130. The van der Waals surface area contributed by atoms with Gasteiger partial charge in [0.2, 0.25) is 5.91 Å². The minimum Gasteiger partial charge on any atom is -0.465 e. The van der Waals surface area contributed by atoms with Gasteiger partial charge >= 0.3 is 12.0 Å². The Balaban J connectivity index is 1.95. The van der Waals surface area contributed by atoms with Gasteiger partial charge in [0, 0.05) is 38.8 Å². The quantitative estimate of drug-likeness (QED) is 0.832. The van der Waals surface area contributed by atoms with Gasteiger partial charge in [-0.2, -0.15) is 0 Å². The summed E-state index contributed by atoms with van der Waals surface area (Å²) in [6.07, 6.45) is 0. The van der Waals surface area contributed by atoms with Crippen LogP contribution >= 0.6 is 0 Å². The summed E-state index contributed by atoms with van der Waals surface area (Å²) in [7, 11) is 1.31. The smallest absolute Gasteiger partial charge is 0.337 e. The Hall–Kier alpha value is -2.57. The minimum absolute atomic E-state index is 0.0193. The van der Waals surface area contributed by atoms with Crippen molar-refractivity contribution in [1.29, 1.82) is 0 Å². The summed E-state index contributed by atoms with van der Waals surface area (Å²) >= 11 is 0. The molecule has 7 heteroatoms. The summed E-state index contributed by atoms with van der Waals surface area (Å²) in [5.74, 6) is -0.433. The van der Waals surface area contributed by atoms with Crippen LogP contribution in [0.3, 0.4) is 0 Å². The van der Waals surface area contributed by atoms with Crippen molar-refractivity contribution in [2.24, 2.45) is 0 Å². The summed E-state index contributed by atoms with van der Waals surface area (Å²) in [5, 5.41) is 2.75. The van der Waals surface area contributed by atoms with Crippen molar-refractivity contribution in [2.75, 3.05) is 38.6 Å². The molecular weight excluding hydrogens is 286 g/mol. The van der Waals surface area contributed by atoms with Crippen LogP contribution in [-0.4, -0.2) is 61.0 Å². The number of carbonyl (C=O) groups is 3. The molecule has 0 unspecified atom stereocenters. The number of carbonyl (C=O) groups excluding carboxylic acids is 3. The van der Waals surface area contributed by atoms with Crippen LogP contribution in [0.5, 0.6) is 0 Å². The molecule has 1 saturated heterocycles. The molecule has 1 fully saturated rings. The normalized spacial score (nSPS) is 14.5. The van der Waals surface area contributed by atoms with Gasteiger partial charge in [0.05, 0.1) is 12.7 Å². The maximum Gasteiger partial charge on any atom is 0.337 e. The van der Waals surface area contributed by atoms with Crippen LogP contribution < -0.4 is 5.32 Å². The van der Waals surface area contributed by atoms with Crippen molar-refractivity contribution in [3.05, 3.63) is 29.8 Å². The Labute approximate surface area is 128 Å². The first-order chi connectivity index (χ1) is 10.5.